The van der Waals surface area contributed by atoms with Crippen molar-refractivity contribution in [1.29, 1.82) is 0 Å². The van der Waals surface area contributed by atoms with Crippen LogP contribution in [0.1, 0.15) is 18.1 Å². The highest BCUT2D eigenvalue weighted by atomic mass is 35.5. The maximum Gasteiger partial charge on any atom is 0.180 e. The molecule has 126 valence electrons. The van der Waals surface area contributed by atoms with Crippen LogP contribution in [0.25, 0.3) is 0 Å². The van der Waals surface area contributed by atoms with Gasteiger partial charge in [0.2, 0.25) is 0 Å². The fraction of sp³-hybridized carbons (Fsp3) is 0.294. The largest absolute Gasteiger partial charge is 0.493 e. The highest BCUT2D eigenvalue weighted by molar-refractivity contribution is 6.32. The predicted molar refractivity (Wildman–Crippen MR) is 93.4 cm³/mol. The average Bonchev–Trinajstić information content (AvgIpc) is 2.52. The number of hydrogen-bond donors (Lipinski definition) is 1. The smallest absolute Gasteiger partial charge is 0.180 e. The van der Waals surface area contributed by atoms with Crippen molar-refractivity contribution in [3.63, 3.8) is 0 Å². The normalized spacial score (nSPS) is 10.1. The molecular formula is C17H20Cl2FNO2. The Bertz CT molecular complexity index is 638. The average molecular weight is 360 g/mol. The molecule has 1 N–H and O–H groups in total. The molecule has 0 heterocycles. The first-order valence-electron chi connectivity index (χ1n) is 7.09. The van der Waals surface area contributed by atoms with Crippen molar-refractivity contribution >= 4 is 24.0 Å². The molecule has 0 spiro atoms. The Kier molecular flexibility index (Phi) is 8.17. The van der Waals surface area contributed by atoms with Crippen LogP contribution < -0.4 is 14.8 Å². The van der Waals surface area contributed by atoms with Gasteiger partial charge in [-0.2, -0.15) is 0 Å². The number of ether oxygens (including phenoxy) is 2. The molecule has 2 rings (SSSR count). The third-order valence-electron chi connectivity index (χ3n) is 3.20. The monoisotopic (exact) mass is 359 g/mol. The van der Waals surface area contributed by atoms with E-state index in [0.29, 0.717) is 28.6 Å². The molecule has 2 aromatic rings. The minimum atomic E-state index is -0.304. The minimum absolute atomic E-state index is 0. The molecule has 0 unspecified atom stereocenters. The van der Waals surface area contributed by atoms with Gasteiger partial charge in [-0.15, -0.1) is 12.4 Å². The maximum atomic E-state index is 13.6. The number of rotatable bonds is 7. The van der Waals surface area contributed by atoms with Crippen LogP contribution in [0.15, 0.2) is 36.4 Å². The van der Waals surface area contributed by atoms with Crippen molar-refractivity contribution in [3.8, 4) is 11.5 Å². The van der Waals surface area contributed by atoms with Gasteiger partial charge in [-0.25, -0.2) is 4.39 Å². The van der Waals surface area contributed by atoms with E-state index < -0.39 is 0 Å². The minimum Gasteiger partial charge on any atom is -0.493 e. The molecule has 23 heavy (non-hydrogen) atoms. The Balaban J connectivity index is 0.00000264. The summed E-state index contributed by atoms with van der Waals surface area (Å²) >= 11 is 6.27. The van der Waals surface area contributed by atoms with E-state index in [1.807, 2.05) is 19.1 Å². The van der Waals surface area contributed by atoms with Crippen LogP contribution >= 0.6 is 24.0 Å². The second-order valence-electron chi connectivity index (χ2n) is 4.77. The van der Waals surface area contributed by atoms with Crippen molar-refractivity contribution in [1.82, 2.24) is 5.32 Å². The zero-order chi connectivity index (χ0) is 15.9. The zero-order valence-corrected chi connectivity index (χ0v) is 14.6. The number of halogens is 3. The van der Waals surface area contributed by atoms with Crippen LogP contribution in [-0.4, -0.2) is 13.7 Å². The first-order valence-corrected chi connectivity index (χ1v) is 7.46. The van der Waals surface area contributed by atoms with E-state index in [1.54, 1.807) is 25.3 Å². The lowest BCUT2D eigenvalue weighted by Crippen LogP contribution is -2.12. The molecule has 3 nitrogen and oxygen atoms in total. The van der Waals surface area contributed by atoms with Gasteiger partial charge in [-0.3, -0.25) is 0 Å². The van der Waals surface area contributed by atoms with Gasteiger partial charge in [0.15, 0.2) is 11.5 Å². The number of benzene rings is 2. The summed E-state index contributed by atoms with van der Waals surface area (Å²) in [4.78, 5) is 0. The van der Waals surface area contributed by atoms with Crippen LogP contribution in [0.3, 0.4) is 0 Å². The molecule has 0 aliphatic heterocycles. The maximum absolute atomic E-state index is 13.6. The first-order chi connectivity index (χ1) is 10.7. The van der Waals surface area contributed by atoms with Crippen LogP contribution in [0.4, 0.5) is 4.39 Å². The van der Waals surface area contributed by atoms with E-state index >= 15 is 0 Å². The van der Waals surface area contributed by atoms with E-state index in [-0.39, 0.29) is 24.8 Å². The Morgan fingerprint density at radius 1 is 1.22 bits per heavy atom. The van der Waals surface area contributed by atoms with E-state index in [9.17, 15) is 4.39 Å². The molecule has 0 saturated heterocycles. The molecule has 2 aromatic carbocycles. The molecule has 0 radical (unpaired) electrons. The summed E-state index contributed by atoms with van der Waals surface area (Å²) in [7, 11) is 1.55. The van der Waals surface area contributed by atoms with Crippen molar-refractivity contribution < 1.29 is 13.9 Å². The molecule has 0 fully saturated rings. The topological polar surface area (TPSA) is 30.5 Å². The summed E-state index contributed by atoms with van der Waals surface area (Å²) in [6.07, 6.45) is 0. The standard InChI is InChI=1S/C17H19ClFNO2.ClH/c1-3-20-10-12-8-14(18)17(16(9-12)21-2)22-11-13-6-4-5-7-15(13)19;/h4-9,20H,3,10-11H2,1-2H3;1H. The Labute approximate surface area is 147 Å². The molecule has 0 amide bonds. The quantitative estimate of drug-likeness (QED) is 0.783. The summed E-state index contributed by atoms with van der Waals surface area (Å²) in [5.74, 6) is 0.658. The van der Waals surface area contributed by atoms with E-state index in [1.165, 1.54) is 6.07 Å². The summed E-state index contributed by atoms with van der Waals surface area (Å²) in [6, 6.07) is 10.2. The van der Waals surface area contributed by atoms with Crippen LogP contribution in [0.5, 0.6) is 11.5 Å². The van der Waals surface area contributed by atoms with E-state index in [2.05, 4.69) is 5.32 Å². The number of nitrogens with one attached hydrogen (secondary N) is 1. The van der Waals surface area contributed by atoms with Gasteiger partial charge >= 0.3 is 0 Å². The van der Waals surface area contributed by atoms with Crippen molar-refractivity contribution in [2.75, 3.05) is 13.7 Å². The third kappa shape index (κ3) is 5.27. The second-order valence-corrected chi connectivity index (χ2v) is 5.18. The Hall–Kier alpha value is -1.49. The lowest BCUT2D eigenvalue weighted by atomic mass is 10.2. The van der Waals surface area contributed by atoms with Gasteiger partial charge in [0, 0.05) is 12.1 Å². The Morgan fingerprint density at radius 3 is 2.61 bits per heavy atom. The molecule has 0 aliphatic carbocycles. The van der Waals surface area contributed by atoms with Crippen LogP contribution in [0, 0.1) is 5.82 Å². The van der Waals surface area contributed by atoms with Crippen molar-refractivity contribution in [2.45, 2.75) is 20.1 Å². The van der Waals surface area contributed by atoms with Gasteiger partial charge < -0.3 is 14.8 Å². The van der Waals surface area contributed by atoms with Crippen molar-refractivity contribution in [2.24, 2.45) is 0 Å². The lowest BCUT2D eigenvalue weighted by Gasteiger charge is -2.14. The summed E-state index contributed by atoms with van der Waals surface area (Å²) in [6.45, 7) is 3.69. The molecule has 6 heteroatoms. The summed E-state index contributed by atoms with van der Waals surface area (Å²) < 4.78 is 24.6. The van der Waals surface area contributed by atoms with Gasteiger partial charge in [0.05, 0.1) is 12.1 Å². The fourth-order valence-corrected chi connectivity index (χ4v) is 2.34. The molecule has 0 aliphatic rings. The van der Waals surface area contributed by atoms with Crippen LogP contribution in [0.2, 0.25) is 5.02 Å². The molecule has 0 aromatic heterocycles. The molecule has 0 saturated carbocycles. The van der Waals surface area contributed by atoms with Gasteiger partial charge in [-0.1, -0.05) is 36.7 Å². The predicted octanol–water partition coefficient (Wildman–Crippen LogP) is 4.60. The second kappa shape index (κ2) is 9.60. The van der Waals surface area contributed by atoms with E-state index in [0.717, 1.165) is 12.1 Å². The first kappa shape index (κ1) is 19.6. The number of hydrogen-bond acceptors (Lipinski definition) is 3. The fourth-order valence-electron chi connectivity index (χ4n) is 2.05. The summed E-state index contributed by atoms with van der Waals surface area (Å²) in [5.41, 5.74) is 1.47. The molecule has 0 atom stereocenters. The lowest BCUT2D eigenvalue weighted by molar-refractivity contribution is 0.279. The van der Waals surface area contributed by atoms with Crippen LogP contribution in [-0.2, 0) is 13.2 Å². The molecular weight excluding hydrogens is 340 g/mol. The molecule has 0 bridgehead atoms. The highest BCUT2D eigenvalue weighted by Crippen LogP contribution is 2.37. The highest BCUT2D eigenvalue weighted by Gasteiger charge is 2.13. The third-order valence-corrected chi connectivity index (χ3v) is 3.48. The van der Waals surface area contributed by atoms with Crippen molar-refractivity contribution in [3.05, 3.63) is 58.4 Å². The zero-order valence-electron chi connectivity index (χ0n) is 13.1. The van der Waals surface area contributed by atoms with Gasteiger partial charge in [-0.05, 0) is 30.3 Å². The van der Waals surface area contributed by atoms with E-state index in [4.69, 9.17) is 21.1 Å². The van der Waals surface area contributed by atoms with Gasteiger partial charge in [0.1, 0.15) is 12.4 Å². The SMILES string of the molecule is CCNCc1cc(Cl)c(OCc2ccccc2F)c(OC)c1.Cl. The Morgan fingerprint density at radius 2 is 1.96 bits per heavy atom. The summed E-state index contributed by atoms with van der Waals surface area (Å²) in [5, 5.41) is 3.67. The van der Waals surface area contributed by atoms with Gasteiger partial charge in [0.25, 0.3) is 0 Å². The number of methoxy groups -OCH3 is 1.